The highest BCUT2D eigenvalue weighted by Gasteiger charge is 2.20. The first-order valence-electron chi connectivity index (χ1n) is 6.32. The van der Waals surface area contributed by atoms with Crippen LogP contribution in [0.2, 0.25) is 5.02 Å². The van der Waals surface area contributed by atoms with Gasteiger partial charge in [0.25, 0.3) is 0 Å². The number of nitriles is 1. The van der Waals surface area contributed by atoms with Crippen molar-refractivity contribution in [2.75, 3.05) is 31.1 Å². The van der Waals surface area contributed by atoms with E-state index in [0.29, 0.717) is 12.5 Å². The normalized spacial score (nSPS) is 18.4. The van der Waals surface area contributed by atoms with E-state index in [1.807, 2.05) is 18.2 Å². The number of anilines is 1. The van der Waals surface area contributed by atoms with Crippen molar-refractivity contribution >= 4 is 17.3 Å². The van der Waals surface area contributed by atoms with E-state index in [1.54, 1.807) is 0 Å². The Morgan fingerprint density at radius 3 is 2.67 bits per heavy atom. The highest BCUT2D eigenvalue weighted by molar-refractivity contribution is 6.30. The molecule has 0 amide bonds. The van der Waals surface area contributed by atoms with Crippen LogP contribution in [-0.4, -0.2) is 37.1 Å². The average Bonchev–Trinajstić information content (AvgIpc) is 2.39. The van der Waals surface area contributed by atoms with E-state index in [1.165, 1.54) is 5.69 Å². The molecule has 0 aromatic heterocycles. The lowest BCUT2D eigenvalue weighted by atomic mass is 10.1. The van der Waals surface area contributed by atoms with Crippen LogP contribution in [0.15, 0.2) is 24.3 Å². The molecule has 1 atom stereocenters. The highest BCUT2D eigenvalue weighted by Crippen LogP contribution is 2.21. The van der Waals surface area contributed by atoms with Crippen LogP contribution >= 0.6 is 11.6 Å². The maximum atomic E-state index is 8.73. The van der Waals surface area contributed by atoms with Gasteiger partial charge in [0.1, 0.15) is 0 Å². The van der Waals surface area contributed by atoms with Crippen molar-refractivity contribution in [2.24, 2.45) is 0 Å². The van der Waals surface area contributed by atoms with E-state index < -0.39 is 0 Å². The summed E-state index contributed by atoms with van der Waals surface area (Å²) >= 11 is 6.01. The number of hydrogen-bond donors (Lipinski definition) is 0. The number of hydrogen-bond acceptors (Lipinski definition) is 3. The van der Waals surface area contributed by atoms with Crippen LogP contribution in [0, 0.1) is 11.3 Å². The molecule has 0 spiro atoms. The second-order valence-electron chi connectivity index (χ2n) is 4.71. The van der Waals surface area contributed by atoms with Crippen LogP contribution in [0.4, 0.5) is 5.69 Å². The monoisotopic (exact) mass is 263 g/mol. The molecule has 2 rings (SSSR count). The van der Waals surface area contributed by atoms with Gasteiger partial charge in [0.15, 0.2) is 0 Å². The minimum Gasteiger partial charge on any atom is -0.369 e. The van der Waals surface area contributed by atoms with Gasteiger partial charge in [-0.25, -0.2) is 0 Å². The van der Waals surface area contributed by atoms with Crippen molar-refractivity contribution in [1.29, 1.82) is 5.26 Å². The zero-order valence-electron chi connectivity index (χ0n) is 10.6. The molecule has 0 N–H and O–H groups in total. The lowest BCUT2D eigenvalue weighted by Gasteiger charge is -2.38. The number of benzene rings is 1. The quantitative estimate of drug-likeness (QED) is 0.840. The molecule has 1 aliphatic heterocycles. The Labute approximate surface area is 114 Å². The van der Waals surface area contributed by atoms with Crippen LogP contribution < -0.4 is 4.90 Å². The smallest absolute Gasteiger partial charge is 0.0638 e. The fourth-order valence-electron chi connectivity index (χ4n) is 2.35. The minimum atomic E-state index is 0.358. The van der Waals surface area contributed by atoms with Crippen LogP contribution in [0.3, 0.4) is 0 Å². The Bertz CT molecular complexity index is 433. The van der Waals surface area contributed by atoms with Crippen molar-refractivity contribution in [1.82, 2.24) is 4.90 Å². The lowest BCUT2D eigenvalue weighted by Crippen LogP contribution is -2.49. The van der Waals surface area contributed by atoms with Crippen molar-refractivity contribution < 1.29 is 0 Å². The fourth-order valence-corrected chi connectivity index (χ4v) is 2.54. The number of rotatable bonds is 3. The third-order valence-corrected chi connectivity index (χ3v) is 3.73. The highest BCUT2D eigenvalue weighted by atomic mass is 35.5. The first kappa shape index (κ1) is 13.2. The Morgan fingerprint density at radius 1 is 1.33 bits per heavy atom. The molecule has 1 aromatic carbocycles. The second-order valence-corrected chi connectivity index (χ2v) is 5.15. The maximum absolute atomic E-state index is 8.73. The van der Waals surface area contributed by atoms with Crippen molar-refractivity contribution in [2.45, 2.75) is 19.4 Å². The van der Waals surface area contributed by atoms with Gasteiger partial charge in [0.2, 0.25) is 0 Å². The predicted octanol–water partition coefficient (Wildman–Crippen LogP) is 2.76. The van der Waals surface area contributed by atoms with Crippen LogP contribution in [0.1, 0.15) is 13.3 Å². The van der Waals surface area contributed by atoms with Crippen molar-refractivity contribution in [3.8, 4) is 6.07 Å². The first-order valence-corrected chi connectivity index (χ1v) is 6.70. The Balaban J connectivity index is 1.93. The van der Waals surface area contributed by atoms with E-state index >= 15 is 0 Å². The molecule has 0 bridgehead atoms. The minimum absolute atomic E-state index is 0.358. The van der Waals surface area contributed by atoms with Gasteiger partial charge in [0.05, 0.1) is 12.5 Å². The lowest BCUT2D eigenvalue weighted by molar-refractivity contribution is 0.199. The molecule has 3 nitrogen and oxygen atoms in total. The summed E-state index contributed by atoms with van der Waals surface area (Å²) in [6, 6.07) is 10.6. The van der Waals surface area contributed by atoms with Crippen LogP contribution in [-0.2, 0) is 0 Å². The van der Waals surface area contributed by atoms with Crippen molar-refractivity contribution in [3.63, 3.8) is 0 Å². The molecule has 18 heavy (non-hydrogen) atoms. The molecule has 1 unspecified atom stereocenters. The summed E-state index contributed by atoms with van der Waals surface area (Å²) in [5.74, 6) is 0. The van der Waals surface area contributed by atoms with E-state index in [-0.39, 0.29) is 0 Å². The van der Waals surface area contributed by atoms with Gasteiger partial charge in [-0.1, -0.05) is 17.7 Å². The van der Waals surface area contributed by atoms with E-state index in [9.17, 15) is 0 Å². The SMILES string of the molecule is CC(CC#N)N1CCN(c2cccc(Cl)c2)CC1. The summed E-state index contributed by atoms with van der Waals surface area (Å²) in [6.45, 7) is 6.13. The van der Waals surface area contributed by atoms with Gasteiger partial charge >= 0.3 is 0 Å². The zero-order valence-corrected chi connectivity index (χ0v) is 11.4. The summed E-state index contributed by atoms with van der Waals surface area (Å²) in [6.07, 6.45) is 0.608. The molecule has 0 aliphatic carbocycles. The van der Waals surface area contributed by atoms with E-state index in [0.717, 1.165) is 31.2 Å². The van der Waals surface area contributed by atoms with E-state index in [4.69, 9.17) is 16.9 Å². The molecule has 0 radical (unpaired) electrons. The van der Waals surface area contributed by atoms with Crippen LogP contribution in [0.5, 0.6) is 0 Å². The molecular formula is C14H18ClN3. The number of nitrogens with zero attached hydrogens (tertiary/aromatic N) is 3. The molecule has 1 heterocycles. The summed E-state index contributed by atoms with van der Waals surface area (Å²) in [7, 11) is 0. The standard InChI is InChI=1S/C14H18ClN3/c1-12(5-6-16)17-7-9-18(10-8-17)14-4-2-3-13(15)11-14/h2-4,11-12H,5,7-10H2,1H3. The number of piperazine rings is 1. The third-order valence-electron chi connectivity index (χ3n) is 3.50. The van der Waals surface area contributed by atoms with E-state index in [2.05, 4.69) is 28.9 Å². The van der Waals surface area contributed by atoms with Gasteiger partial charge in [-0.05, 0) is 25.1 Å². The number of halogens is 1. The van der Waals surface area contributed by atoms with Gasteiger partial charge in [-0.3, -0.25) is 4.90 Å². The molecule has 1 saturated heterocycles. The third kappa shape index (κ3) is 3.16. The van der Waals surface area contributed by atoms with Crippen molar-refractivity contribution in [3.05, 3.63) is 29.3 Å². The Kier molecular flexibility index (Phi) is 4.46. The molecule has 0 saturated carbocycles. The zero-order chi connectivity index (χ0) is 13.0. The van der Waals surface area contributed by atoms with Crippen LogP contribution in [0.25, 0.3) is 0 Å². The average molecular weight is 264 g/mol. The largest absolute Gasteiger partial charge is 0.369 e. The van der Waals surface area contributed by atoms with Gasteiger partial charge < -0.3 is 4.90 Å². The molecule has 1 fully saturated rings. The summed E-state index contributed by atoms with van der Waals surface area (Å²) in [5, 5.41) is 9.51. The summed E-state index contributed by atoms with van der Waals surface area (Å²) < 4.78 is 0. The van der Waals surface area contributed by atoms with Gasteiger partial charge in [-0.2, -0.15) is 5.26 Å². The van der Waals surface area contributed by atoms with Gasteiger partial charge in [0, 0.05) is 42.9 Å². The molecule has 1 aromatic rings. The summed E-state index contributed by atoms with van der Waals surface area (Å²) in [4.78, 5) is 4.73. The molecule has 96 valence electrons. The van der Waals surface area contributed by atoms with Gasteiger partial charge in [-0.15, -0.1) is 0 Å². The molecular weight excluding hydrogens is 246 g/mol. The predicted molar refractivity (Wildman–Crippen MR) is 74.9 cm³/mol. The Morgan fingerprint density at radius 2 is 2.06 bits per heavy atom. The Hall–Kier alpha value is -1.24. The molecule has 1 aliphatic rings. The maximum Gasteiger partial charge on any atom is 0.0638 e. The molecule has 4 heteroatoms. The topological polar surface area (TPSA) is 30.3 Å². The summed E-state index contributed by atoms with van der Waals surface area (Å²) in [5.41, 5.74) is 1.19. The second kappa shape index (κ2) is 6.08. The first-order chi connectivity index (χ1) is 8.70. The fraction of sp³-hybridized carbons (Fsp3) is 0.500.